The highest BCUT2D eigenvalue weighted by molar-refractivity contribution is 7.18. The minimum atomic E-state index is -0.804. The Labute approximate surface area is 163 Å². The normalized spacial score (nSPS) is 12.4. The molecule has 0 saturated heterocycles. The van der Waals surface area contributed by atoms with E-state index in [-0.39, 0.29) is 5.56 Å². The number of carbonyl (C=O) groups excluding carboxylic acids is 1. The first-order chi connectivity index (χ1) is 13.0. The minimum Gasteiger partial charge on any atom is -0.368 e. The molecule has 3 heterocycles. The van der Waals surface area contributed by atoms with E-state index in [4.69, 9.17) is 10.7 Å². The van der Waals surface area contributed by atoms with Crippen LogP contribution in [0.25, 0.3) is 32.0 Å². The number of carbonyl (C=O) groups is 1. The molecule has 0 aliphatic rings. The Hall–Kier alpha value is -2.77. The predicted octanol–water partition coefficient (Wildman–Crippen LogP) is 4.21. The lowest BCUT2D eigenvalue weighted by Gasteiger charge is -2.17. The SMILES string of the molecule is Cc1ccc(-c2nc3scc(-c4cccs4)c3c(=O)n2C(C)C(N)=O)cc1. The zero-order chi connectivity index (χ0) is 19.1. The van der Waals surface area contributed by atoms with Crippen LogP contribution in [0.3, 0.4) is 0 Å². The van der Waals surface area contributed by atoms with Crippen LogP contribution in [0.1, 0.15) is 18.5 Å². The molecule has 3 aromatic heterocycles. The van der Waals surface area contributed by atoms with Gasteiger partial charge in [-0.1, -0.05) is 35.9 Å². The Morgan fingerprint density at radius 1 is 1.19 bits per heavy atom. The zero-order valence-corrected chi connectivity index (χ0v) is 16.4. The van der Waals surface area contributed by atoms with Crippen molar-refractivity contribution in [1.29, 1.82) is 0 Å². The fraction of sp³-hybridized carbons (Fsp3) is 0.150. The van der Waals surface area contributed by atoms with Gasteiger partial charge in [-0.3, -0.25) is 14.2 Å². The van der Waals surface area contributed by atoms with E-state index in [0.717, 1.165) is 21.6 Å². The number of primary amides is 1. The average Bonchev–Trinajstić information content (AvgIpc) is 3.31. The Balaban J connectivity index is 2.06. The van der Waals surface area contributed by atoms with Crippen molar-refractivity contribution >= 4 is 38.8 Å². The Kier molecular flexibility index (Phi) is 4.41. The molecule has 0 spiro atoms. The van der Waals surface area contributed by atoms with Crippen molar-refractivity contribution in [3.05, 3.63) is 63.1 Å². The first-order valence-corrected chi connectivity index (χ1v) is 10.2. The van der Waals surface area contributed by atoms with Crippen molar-refractivity contribution in [1.82, 2.24) is 9.55 Å². The van der Waals surface area contributed by atoms with Crippen molar-refractivity contribution in [2.45, 2.75) is 19.9 Å². The third-order valence-corrected chi connectivity index (χ3v) is 6.31. The van der Waals surface area contributed by atoms with Crippen LogP contribution >= 0.6 is 22.7 Å². The predicted molar refractivity (Wildman–Crippen MR) is 111 cm³/mol. The Bertz CT molecular complexity index is 1190. The fourth-order valence-corrected chi connectivity index (χ4v) is 4.76. The molecule has 2 N–H and O–H groups in total. The molecule has 0 aliphatic heterocycles. The number of thiophene rings is 2. The quantitative estimate of drug-likeness (QED) is 0.562. The summed E-state index contributed by atoms with van der Waals surface area (Å²) in [5.74, 6) is -0.113. The van der Waals surface area contributed by atoms with Crippen LogP contribution in [0.5, 0.6) is 0 Å². The number of hydrogen-bond acceptors (Lipinski definition) is 5. The maximum atomic E-state index is 13.4. The fourth-order valence-electron chi connectivity index (χ4n) is 3.01. The van der Waals surface area contributed by atoms with E-state index >= 15 is 0 Å². The number of nitrogens with two attached hydrogens (primary N) is 1. The lowest BCUT2D eigenvalue weighted by Crippen LogP contribution is -2.33. The van der Waals surface area contributed by atoms with E-state index in [0.29, 0.717) is 16.0 Å². The van der Waals surface area contributed by atoms with Gasteiger partial charge in [0.1, 0.15) is 16.7 Å². The van der Waals surface area contributed by atoms with Crippen LogP contribution in [0.15, 0.2) is 52.0 Å². The third-order valence-electron chi connectivity index (χ3n) is 4.54. The molecule has 0 saturated carbocycles. The molecule has 4 aromatic rings. The number of aromatic nitrogens is 2. The third kappa shape index (κ3) is 2.98. The summed E-state index contributed by atoms with van der Waals surface area (Å²) >= 11 is 3.00. The molecule has 0 bridgehead atoms. The summed E-state index contributed by atoms with van der Waals surface area (Å²) in [6.07, 6.45) is 0. The molecule has 1 atom stereocenters. The van der Waals surface area contributed by atoms with Crippen molar-refractivity contribution in [3.63, 3.8) is 0 Å². The highest BCUT2D eigenvalue weighted by Crippen LogP contribution is 2.35. The molecule has 4 rings (SSSR count). The number of benzene rings is 1. The van der Waals surface area contributed by atoms with Gasteiger partial charge in [0.15, 0.2) is 0 Å². The van der Waals surface area contributed by atoms with E-state index in [2.05, 4.69) is 0 Å². The molecule has 1 amide bonds. The van der Waals surface area contributed by atoms with E-state index in [9.17, 15) is 9.59 Å². The van der Waals surface area contributed by atoms with Crippen molar-refractivity contribution in [3.8, 4) is 21.8 Å². The maximum Gasteiger partial charge on any atom is 0.263 e. The van der Waals surface area contributed by atoms with Gasteiger partial charge in [0.25, 0.3) is 5.56 Å². The van der Waals surface area contributed by atoms with E-state index < -0.39 is 11.9 Å². The number of aryl methyl sites for hydroxylation is 1. The lowest BCUT2D eigenvalue weighted by atomic mass is 10.1. The molecular formula is C20H17N3O2S2. The maximum absolute atomic E-state index is 13.4. The zero-order valence-electron chi connectivity index (χ0n) is 14.8. The molecule has 0 radical (unpaired) electrons. The second-order valence-corrected chi connectivity index (χ2v) is 8.17. The molecule has 0 fully saturated rings. The van der Waals surface area contributed by atoms with E-state index in [1.54, 1.807) is 18.3 Å². The monoisotopic (exact) mass is 395 g/mol. The number of rotatable bonds is 4. The summed E-state index contributed by atoms with van der Waals surface area (Å²) < 4.78 is 1.42. The highest BCUT2D eigenvalue weighted by atomic mass is 32.1. The lowest BCUT2D eigenvalue weighted by molar-refractivity contribution is -0.120. The number of hydrogen-bond donors (Lipinski definition) is 1. The second-order valence-electron chi connectivity index (χ2n) is 6.36. The molecule has 5 nitrogen and oxygen atoms in total. The van der Waals surface area contributed by atoms with Gasteiger partial charge in [-0.15, -0.1) is 22.7 Å². The molecule has 0 aliphatic carbocycles. The molecular weight excluding hydrogens is 378 g/mol. The van der Waals surface area contributed by atoms with E-state index in [1.165, 1.54) is 15.9 Å². The first kappa shape index (κ1) is 17.6. The highest BCUT2D eigenvalue weighted by Gasteiger charge is 2.23. The summed E-state index contributed by atoms with van der Waals surface area (Å²) in [5, 5.41) is 4.45. The van der Waals surface area contributed by atoms with Gasteiger partial charge < -0.3 is 5.73 Å². The van der Waals surface area contributed by atoms with Gasteiger partial charge in [0, 0.05) is 21.4 Å². The number of fused-ring (bicyclic) bond motifs is 1. The summed E-state index contributed by atoms with van der Waals surface area (Å²) in [5.41, 5.74) is 8.03. The number of amides is 1. The first-order valence-electron chi connectivity index (χ1n) is 8.41. The molecule has 136 valence electrons. The van der Waals surface area contributed by atoms with Gasteiger partial charge in [-0.05, 0) is 25.3 Å². The second kappa shape index (κ2) is 6.75. The molecule has 7 heteroatoms. The smallest absolute Gasteiger partial charge is 0.263 e. The van der Waals surface area contributed by atoms with Crippen LogP contribution < -0.4 is 11.3 Å². The van der Waals surface area contributed by atoms with Gasteiger partial charge >= 0.3 is 0 Å². The Morgan fingerprint density at radius 2 is 1.93 bits per heavy atom. The summed E-state index contributed by atoms with van der Waals surface area (Å²) in [6.45, 7) is 3.62. The van der Waals surface area contributed by atoms with Crippen molar-refractivity contribution in [2.75, 3.05) is 0 Å². The van der Waals surface area contributed by atoms with Crippen LogP contribution in [-0.2, 0) is 4.79 Å². The minimum absolute atomic E-state index is 0.244. The van der Waals surface area contributed by atoms with Crippen LogP contribution in [-0.4, -0.2) is 15.5 Å². The van der Waals surface area contributed by atoms with Gasteiger partial charge in [-0.2, -0.15) is 0 Å². The van der Waals surface area contributed by atoms with Crippen molar-refractivity contribution < 1.29 is 4.79 Å². The van der Waals surface area contributed by atoms with Crippen LogP contribution in [0.4, 0.5) is 0 Å². The standard InChI is InChI=1S/C20H17N3O2S2/c1-11-5-7-13(8-6-11)18-22-19-16(20(25)23(18)12(2)17(21)24)14(10-27-19)15-4-3-9-26-15/h3-10,12H,1-2H3,(H2,21,24). The van der Waals surface area contributed by atoms with Crippen molar-refractivity contribution in [2.24, 2.45) is 5.73 Å². The average molecular weight is 396 g/mol. The topological polar surface area (TPSA) is 78.0 Å². The largest absolute Gasteiger partial charge is 0.368 e. The van der Waals surface area contributed by atoms with E-state index in [1.807, 2.05) is 54.1 Å². The molecule has 1 unspecified atom stereocenters. The summed E-state index contributed by atoms with van der Waals surface area (Å²) in [6, 6.07) is 10.8. The molecule has 1 aromatic carbocycles. The van der Waals surface area contributed by atoms with Crippen LogP contribution in [0.2, 0.25) is 0 Å². The molecule has 27 heavy (non-hydrogen) atoms. The summed E-state index contributed by atoms with van der Waals surface area (Å²) in [4.78, 5) is 31.8. The Morgan fingerprint density at radius 3 is 2.56 bits per heavy atom. The van der Waals surface area contributed by atoms with Crippen LogP contribution in [0, 0.1) is 6.92 Å². The van der Waals surface area contributed by atoms with Gasteiger partial charge in [-0.25, -0.2) is 4.98 Å². The number of nitrogens with zero attached hydrogens (tertiary/aromatic N) is 2. The summed E-state index contributed by atoms with van der Waals surface area (Å²) in [7, 11) is 0. The van der Waals surface area contributed by atoms with Gasteiger partial charge in [0.2, 0.25) is 5.91 Å². The van der Waals surface area contributed by atoms with Gasteiger partial charge in [0.05, 0.1) is 5.39 Å².